The van der Waals surface area contributed by atoms with Gasteiger partial charge in [0.2, 0.25) is 0 Å². The fourth-order valence-corrected chi connectivity index (χ4v) is 4.94. The molecule has 0 saturated carbocycles. The molecule has 0 aliphatic carbocycles. The zero-order valence-corrected chi connectivity index (χ0v) is 20.4. The van der Waals surface area contributed by atoms with Gasteiger partial charge in [-0.2, -0.15) is 0 Å². The number of carboxylic acids is 1. The quantitative estimate of drug-likeness (QED) is 0.215. The molecule has 0 unspecified atom stereocenters. The molecule has 0 amide bonds. The van der Waals surface area contributed by atoms with Crippen LogP contribution < -0.4 is 10.1 Å². The fourth-order valence-electron chi connectivity index (χ4n) is 4.71. The maximum atomic E-state index is 13.6. The van der Waals surface area contributed by atoms with E-state index in [1.807, 2.05) is 42.6 Å². The number of carboxylic acid groups (broad SMARTS) is 1. The average Bonchev–Trinajstić information content (AvgIpc) is 3.42. The second-order valence-corrected chi connectivity index (χ2v) is 9.03. The molecule has 3 aromatic carbocycles. The van der Waals surface area contributed by atoms with Crippen LogP contribution in [0.4, 0.5) is 4.39 Å². The number of para-hydroxylation sites is 1. The van der Waals surface area contributed by atoms with Gasteiger partial charge in [0.1, 0.15) is 17.3 Å². The number of hydrogen-bond donors (Lipinski definition) is 3. The maximum Gasteiger partial charge on any atom is 0.352 e. The Kier molecular flexibility index (Phi) is 6.67. The van der Waals surface area contributed by atoms with Gasteiger partial charge in [0.15, 0.2) is 0 Å². The summed E-state index contributed by atoms with van der Waals surface area (Å²) in [5.41, 5.74) is 4.47. The number of hydrogen-bond acceptors (Lipinski definition) is 3. The van der Waals surface area contributed by atoms with E-state index >= 15 is 0 Å². The molecule has 0 aliphatic heterocycles. The van der Waals surface area contributed by atoms with Gasteiger partial charge in [0, 0.05) is 52.2 Å². The first-order valence-electron chi connectivity index (χ1n) is 11.6. The van der Waals surface area contributed by atoms with Crippen LogP contribution in [-0.2, 0) is 19.5 Å². The third kappa shape index (κ3) is 4.55. The van der Waals surface area contributed by atoms with Crippen molar-refractivity contribution >= 4 is 39.4 Å². The summed E-state index contributed by atoms with van der Waals surface area (Å²) in [6.45, 7) is 1.23. The SMILES string of the molecule is COc1ccc2c(CNCCc3c[nH]c4ccccc34)c(C(=O)O)n(Cc3ccc(F)cc3Cl)c2c1. The van der Waals surface area contributed by atoms with E-state index in [1.54, 1.807) is 17.7 Å². The topological polar surface area (TPSA) is 79.3 Å². The summed E-state index contributed by atoms with van der Waals surface area (Å²) in [5, 5.41) is 15.9. The van der Waals surface area contributed by atoms with E-state index in [9.17, 15) is 14.3 Å². The Morgan fingerprint density at radius 2 is 1.94 bits per heavy atom. The molecule has 8 heteroatoms. The molecule has 0 bridgehead atoms. The van der Waals surface area contributed by atoms with Gasteiger partial charge in [0.25, 0.3) is 0 Å². The lowest BCUT2D eigenvalue weighted by atomic mass is 10.1. The van der Waals surface area contributed by atoms with Crippen LogP contribution >= 0.6 is 11.6 Å². The zero-order valence-electron chi connectivity index (χ0n) is 19.6. The first kappa shape index (κ1) is 23.9. The fraction of sp³-hybridized carbons (Fsp3) is 0.179. The number of halogens is 2. The Hall–Kier alpha value is -3.81. The highest BCUT2D eigenvalue weighted by atomic mass is 35.5. The van der Waals surface area contributed by atoms with Gasteiger partial charge in [-0.15, -0.1) is 0 Å². The Balaban J connectivity index is 1.46. The molecule has 2 heterocycles. The van der Waals surface area contributed by atoms with E-state index in [-0.39, 0.29) is 17.3 Å². The first-order valence-corrected chi connectivity index (χ1v) is 12.0. The average molecular weight is 506 g/mol. The minimum atomic E-state index is -1.04. The summed E-state index contributed by atoms with van der Waals surface area (Å²) in [6, 6.07) is 17.8. The van der Waals surface area contributed by atoms with Crippen molar-refractivity contribution < 1.29 is 19.0 Å². The van der Waals surface area contributed by atoms with Crippen LogP contribution in [-0.4, -0.2) is 34.3 Å². The van der Waals surface area contributed by atoms with Gasteiger partial charge in [-0.25, -0.2) is 9.18 Å². The van der Waals surface area contributed by atoms with Crippen molar-refractivity contribution in [1.29, 1.82) is 0 Å². The van der Waals surface area contributed by atoms with E-state index in [0.29, 0.717) is 35.5 Å². The van der Waals surface area contributed by atoms with Gasteiger partial charge in [-0.1, -0.05) is 35.9 Å². The van der Waals surface area contributed by atoms with E-state index in [2.05, 4.69) is 16.4 Å². The Labute approximate surface area is 212 Å². The van der Waals surface area contributed by atoms with Crippen molar-refractivity contribution in [1.82, 2.24) is 14.9 Å². The van der Waals surface area contributed by atoms with Gasteiger partial charge >= 0.3 is 5.97 Å². The Morgan fingerprint density at radius 3 is 2.72 bits per heavy atom. The third-order valence-corrected chi connectivity index (χ3v) is 6.82. The first-order chi connectivity index (χ1) is 17.5. The highest BCUT2D eigenvalue weighted by Crippen LogP contribution is 2.32. The monoisotopic (exact) mass is 505 g/mol. The normalized spacial score (nSPS) is 11.4. The molecule has 0 spiro atoms. The minimum Gasteiger partial charge on any atom is -0.497 e. The van der Waals surface area contributed by atoms with Gasteiger partial charge in [0.05, 0.1) is 12.6 Å². The largest absolute Gasteiger partial charge is 0.497 e. The second kappa shape index (κ2) is 10.0. The molecule has 3 N–H and O–H groups in total. The molecular formula is C28H25ClFN3O3. The molecule has 184 valence electrons. The smallest absolute Gasteiger partial charge is 0.352 e. The number of rotatable bonds is 9. The highest BCUT2D eigenvalue weighted by molar-refractivity contribution is 6.31. The highest BCUT2D eigenvalue weighted by Gasteiger charge is 2.23. The van der Waals surface area contributed by atoms with Crippen LogP contribution in [0, 0.1) is 5.82 Å². The van der Waals surface area contributed by atoms with Crippen LogP contribution in [0.2, 0.25) is 5.02 Å². The van der Waals surface area contributed by atoms with E-state index in [0.717, 1.165) is 17.3 Å². The number of benzene rings is 3. The van der Waals surface area contributed by atoms with Crippen LogP contribution in [0.1, 0.15) is 27.2 Å². The molecule has 0 saturated heterocycles. The number of methoxy groups -OCH3 is 1. The van der Waals surface area contributed by atoms with Crippen molar-refractivity contribution in [2.75, 3.05) is 13.7 Å². The van der Waals surface area contributed by atoms with Crippen LogP contribution in [0.3, 0.4) is 0 Å². The number of fused-ring (bicyclic) bond motifs is 2. The number of nitrogens with one attached hydrogen (secondary N) is 2. The number of ether oxygens (including phenoxy) is 1. The molecule has 0 fully saturated rings. The number of aromatic nitrogens is 2. The van der Waals surface area contributed by atoms with Crippen molar-refractivity contribution in [2.45, 2.75) is 19.5 Å². The summed E-state index contributed by atoms with van der Waals surface area (Å²) in [4.78, 5) is 15.8. The predicted octanol–water partition coefficient (Wildman–Crippen LogP) is 6.00. The number of H-pyrrole nitrogens is 1. The zero-order chi connectivity index (χ0) is 25.2. The van der Waals surface area contributed by atoms with Crippen molar-refractivity contribution in [3.05, 3.63) is 100 Å². The lowest BCUT2D eigenvalue weighted by Gasteiger charge is -2.11. The molecule has 6 nitrogen and oxygen atoms in total. The Bertz CT molecular complexity index is 1570. The van der Waals surface area contributed by atoms with Crippen LogP contribution in [0.5, 0.6) is 5.75 Å². The minimum absolute atomic E-state index is 0.165. The molecule has 5 aromatic rings. The number of carbonyl (C=O) groups is 1. The third-order valence-electron chi connectivity index (χ3n) is 6.47. The van der Waals surface area contributed by atoms with E-state index in [4.69, 9.17) is 16.3 Å². The van der Waals surface area contributed by atoms with Crippen molar-refractivity contribution in [3.63, 3.8) is 0 Å². The molecule has 0 aliphatic rings. The number of aromatic amines is 1. The van der Waals surface area contributed by atoms with Crippen molar-refractivity contribution in [3.8, 4) is 5.75 Å². The van der Waals surface area contributed by atoms with Gasteiger partial charge in [-0.3, -0.25) is 0 Å². The summed E-state index contributed by atoms with van der Waals surface area (Å²) >= 11 is 6.28. The molecule has 0 radical (unpaired) electrons. The molecule has 2 aromatic heterocycles. The number of nitrogens with zero attached hydrogens (tertiary/aromatic N) is 1. The molecule has 0 atom stereocenters. The standard InChI is InChI=1S/C28H25ClFN3O3/c1-36-20-8-9-22-23(15-31-11-10-17-14-32-25-5-3-2-4-21(17)25)27(28(34)35)33(26(22)13-20)16-18-6-7-19(30)12-24(18)29/h2-9,12-14,31-32H,10-11,15-16H2,1H3,(H,34,35). The van der Waals surface area contributed by atoms with Crippen molar-refractivity contribution in [2.24, 2.45) is 0 Å². The summed E-state index contributed by atoms with van der Waals surface area (Å²) in [5.74, 6) is -0.875. The second-order valence-electron chi connectivity index (χ2n) is 8.62. The molecule has 36 heavy (non-hydrogen) atoms. The molecular weight excluding hydrogens is 481 g/mol. The summed E-state index contributed by atoms with van der Waals surface area (Å²) < 4.78 is 20.7. The summed E-state index contributed by atoms with van der Waals surface area (Å²) in [7, 11) is 1.57. The van der Waals surface area contributed by atoms with Crippen LogP contribution in [0.25, 0.3) is 21.8 Å². The van der Waals surface area contributed by atoms with Gasteiger partial charge in [-0.05, 0) is 54.4 Å². The maximum absolute atomic E-state index is 13.6. The Morgan fingerprint density at radius 1 is 1.11 bits per heavy atom. The van der Waals surface area contributed by atoms with E-state index in [1.165, 1.54) is 23.1 Å². The van der Waals surface area contributed by atoms with Crippen LogP contribution in [0.15, 0.2) is 66.9 Å². The van der Waals surface area contributed by atoms with Gasteiger partial charge < -0.3 is 24.7 Å². The molecule has 5 rings (SSSR count). The van der Waals surface area contributed by atoms with E-state index < -0.39 is 11.8 Å². The summed E-state index contributed by atoms with van der Waals surface area (Å²) in [6.07, 6.45) is 2.81. The number of aromatic carboxylic acids is 1. The predicted molar refractivity (Wildman–Crippen MR) is 140 cm³/mol. The lowest BCUT2D eigenvalue weighted by molar-refractivity contribution is 0.0684. The lowest BCUT2D eigenvalue weighted by Crippen LogP contribution is -2.19.